The molecule has 0 saturated carbocycles. The van der Waals surface area contributed by atoms with Gasteiger partial charge in [-0.25, -0.2) is 9.18 Å². The normalized spacial score (nSPS) is 14.6. The van der Waals surface area contributed by atoms with Gasteiger partial charge in [0.2, 0.25) is 5.13 Å². The minimum absolute atomic E-state index is 0.0213. The molecule has 4 rings (SSSR count). The van der Waals surface area contributed by atoms with E-state index in [1.54, 1.807) is 6.07 Å². The van der Waals surface area contributed by atoms with Gasteiger partial charge in [-0.15, -0.1) is 15.3 Å². The van der Waals surface area contributed by atoms with Gasteiger partial charge >= 0.3 is 5.97 Å². The van der Waals surface area contributed by atoms with E-state index in [4.69, 9.17) is 9.57 Å². The number of carbonyl (C=O) groups excluding carboxylic acids is 1. The molecule has 2 aromatic heterocycles. The number of carbonyl (C=O) groups is 1. The fourth-order valence-corrected chi connectivity index (χ4v) is 4.26. The van der Waals surface area contributed by atoms with Crippen molar-refractivity contribution in [3.05, 3.63) is 28.5 Å². The van der Waals surface area contributed by atoms with Gasteiger partial charge in [-0.3, -0.25) is 0 Å². The SMILES string of the molecule is CCCC(=O)On1nnnc1-c1nnc(N2CCC(Oc3cc(F)ccc3Br)CC2)s1. The predicted molar refractivity (Wildman–Crippen MR) is 113 cm³/mol. The second kappa shape index (κ2) is 9.64. The largest absolute Gasteiger partial charge is 0.489 e. The average molecular weight is 512 g/mol. The summed E-state index contributed by atoms with van der Waals surface area (Å²) in [6.07, 6.45) is 2.42. The fraction of sp³-hybridized carbons (Fsp3) is 0.444. The monoisotopic (exact) mass is 511 g/mol. The van der Waals surface area contributed by atoms with E-state index >= 15 is 0 Å². The number of rotatable bonds is 7. The molecule has 1 aromatic carbocycles. The van der Waals surface area contributed by atoms with Crippen molar-refractivity contribution in [2.45, 2.75) is 38.7 Å². The third-order valence-corrected chi connectivity index (χ3v) is 6.22. The molecule has 13 heteroatoms. The lowest BCUT2D eigenvalue weighted by Gasteiger charge is -2.31. The molecule has 0 atom stereocenters. The van der Waals surface area contributed by atoms with Crippen LogP contribution in [0.25, 0.3) is 10.8 Å². The highest BCUT2D eigenvalue weighted by Gasteiger charge is 2.25. The predicted octanol–water partition coefficient (Wildman–Crippen LogP) is 2.90. The maximum atomic E-state index is 13.5. The molecular weight excluding hydrogens is 493 g/mol. The molecular formula is C18H19BrFN7O3S. The number of ether oxygens (including phenoxy) is 1. The van der Waals surface area contributed by atoms with E-state index in [9.17, 15) is 9.18 Å². The van der Waals surface area contributed by atoms with Crippen LogP contribution >= 0.6 is 27.3 Å². The molecule has 0 aliphatic carbocycles. The van der Waals surface area contributed by atoms with Gasteiger partial charge < -0.3 is 14.5 Å². The number of aromatic nitrogens is 6. The molecule has 0 unspecified atom stereocenters. The number of tetrazole rings is 1. The van der Waals surface area contributed by atoms with Crippen molar-refractivity contribution < 1.29 is 18.8 Å². The van der Waals surface area contributed by atoms with Gasteiger partial charge in [-0.1, -0.05) is 18.3 Å². The van der Waals surface area contributed by atoms with Crippen molar-refractivity contribution in [3.63, 3.8) is 0 Å². The minimum Gasteiger partial charge on any atom is -0.489 e. The van der Waals surface area contributed by atoms with Gasteiger partial charge in [0.15, 0.2) is 5.01 Å². The van der Waals surface area contributed by atoms with Crippen molar-refractivity contribution in [3.8, 4) is 16.6 Å². The number of piperidine rings is 1. The van der Waals surface area contributed by atoms with Crippen LogP contribution in [0.5, 0.6) is 5.75 Å². The summed E-state index contributed by atoms with van der Waals surface area (Å²) >= 11 is 4.70. The first-order valence-electron chi connectivity index (χ1n) is 9.73. The van der Waals surface area contributed by atoms with Crippen LogP contribution in [0.3, 0.4) is 0 Å². The third-order valence-electron chi connectivity index (χ3n) is 4.59. The van der Waals surface area contributed by atoms with Crippen molar-refractivity contribution in [2.24, 2.45) is 0 Å². The molecule has 3 heterocycles. The molecule has 0 radical (unpaired) electrons. The molecule has 164 valence electrons. The van der Waals surface area contributed by atoms with E-state index < -0.39 is 5.97 Å². The zero-order valence-corrected chi connectivity index (χ0v) is 19.0. The van der Waals surface area contributed by atoms with Gasteiger partial charge in [-0.05, 0) is 49.8 Å². The Labute approximate surface area is 189 Å². The quantitative estimate of drug-likeness (QED) is 0.442. The molecule has 0 bridgehead atoms. The number of benzene rings is 1. The highest BCUT2D eigenvalue weighted by atomic mass is 79.9. The van der Waals surface area contributed by atoms with Gasteiger partial charge in [0.25, 0.3) is 5.82 Å². The molecule has 10 nitrogen and oxygen atoms in total. The summed E-state index contributed by atoms with van der Waals surface area (Å²) in [6, 6.07) is 4.40. The molecule has 1 aliphatic rings. The Balaban J connectivity index is 1.37. The number of halogens is 2. The van der Waals surface area contributed by atoms with Crippen molar-refractivity contribution in [2.75, 3.05) is 18.0 Å². The summed E-state index contributed by atoms with van der Waals surface area (Å²) in [6.45, 7) is 3.30. The lowest BCUT2D eigenvalue weighted by molar-refractivity contribution is -0.145. The van der Waals surface area contributed by atoms with Crippen LogP contribution in [-0.2, 0) is 4.79 Å². The highest BCUT2D eigenvalue weighted by Crippen LogP contribution is 2.31. The van der Waals surface area contributed by atoms with E-state index in [2.05, 4.69) is 46.6 Å². The van der Waals surface area contributed by atoms with Gasteiger partial charge in [0.1, 0.15) is 17.7 Å². The summed E-state index contributed by atoms with van der Waals surface area (Å²) in [5, 5.41) is 20.7. The fourth-order valence-electron chi connectivity index (χ4n) is 3.06. The minimum atomic E-state index is -0.423. The maximum absolute atomic E-state index is 13.5. The van der Waals surface area contributed by atoms with Crippen LogP contribution < -0.4 is 14.5 Å². The zero-order valence-electron chi connectivity index (χ0n) is 16.6. The topological polar surface area (TPSA) is 108 Å². The van der Waals surface area contributed by atoms with Crippen LogP contribution in [0, 0.1) is 5.82 Å². The molecule has 1 fully saturated rings. The number of hydrogen-bond donors (Lipinski definition) is 0. The Kier molecular flexibility index (Phi) is 6.70. The van der Waals surface area contributed by atoms with E-state index in [-0.39, 0.29) is 24.2 Å². The molecule has 0 amide bonds. The van der Waals surface area contributed by atoms with E-state index in [0.717, 1.165) is 27.3 Å². The summed E-state index contributed by atoms with van der Waals surface area (Å²) < 4.78 is 20.2. The molecule has 1 saturated heterocycles. The first-order valence-corrected chi connectivity index (χ1v) is 11.3. The number of anilines is 1. The Bertz CT molecular complexity index is 1050. The summed E-state index contributed by atoms with van der Waals surface area (Å²) in [5.41, 5.74) is 0. The third kappa shape index (κ3) is 5.15. The van der Waals surface area contributed by atoms with Crippen LogP contribution in [0.4, 0.5) is 9.52 Å². The molecule has 0 spiro atoms. The standard InChI is InChI=1S/C18H19BrFN7O3S/c1-2-3-15(28)30-27-16(21-24-25-27)17-22-23-18(31-17)26-8-6-12(7-9-26)29-14-10-11(20)4-5-13(14)19/h4-5,10,12H,2-3,6-9H2,1H3. The Morgan fingerprint density at radius 3 is 2.87 bits per heavy atom. The smallest absolute Gasteiger partial charge is 0.335 e. The first kappa shape index (κ1) is 21.6. The van der Waals surface area contributed by atoms with Crippen LogP contribution in [-0.4, -0.2) is 55.7 Å². The van der Waals surface area contributed by atoms with E-state index in [1.165, 1.54) is 23.5 Å². The van der Waals surface area contributed by atoms with Gasteiger partial charge in [-0.2, -0.15) is 0 Å². The zero-order chi connectivity index (χ0) is 21.8. The molecule has 31 heavy (non-hydrogen) atoms. The maximum Gasteiger partial charge on any atom is 0.335 e. The van der Waals surface area contributed by atoms with Gasteiger partial charge in [0.05, 0.1) is 4.47 Å². The number of nitrogens with zero attached hydrogens (tertiary/aromatic N) is 7. The lowest BCUT2D eigenvalue weighted by atomic mass is 10.1. The van der Waals surface area contributed by atoms with Gasteiger partial charge in [0, 0.05) is 38.4 Å². The van der Waals surface area contributed by atoms with Crippen LogP contribution in [0.2, 0.25) is 0 Å². The Hall–Kier alpha value is -2.67. The lowest BCUT2D eigenvalue weighted by Crippen LogP contribution is -2.38. The number of hydrogen-bond acceptors (Lipinski definition) is 10. The Morgan fingerprint density at radius 1 is 1.29 bits per heavy atom. The summed E-state index contributed by atoms with van der Waals surface area (Å²) in [4.78, 5) is 19.9. The average Bonchev–Trinajstić information content (AvgIpc) is 3.41. The second-order valence-electron chi connectivity index (χ2n) is 6.86. The first-order chi connectivity index (χ1) is 15.0. The van der Waals surface area contributed by atoms with E-state index in [0.29, 0.717) is 30.3 Å². The van der Waals surface area contributed by atoms with Crippen LogP contribution in [0.15, 0.2) is 22.7 Å². The molecule has 0 N–H and O–H groups in total. The van der Waals surface area contributed by atoms with Crippen molar-refractivity contribution in [1.29, 1.82) is 0 Å². The van der Waals surface area contributed by atoms with Crippen molar-refractivity contribution >= 4 is 38.4 Å². The highest BCUT2D eigenvalue weighted by molar-refractivity contribution is 9.10. The summed E-state index contributed by atoms with van der Waals surface area (Å²) in [5.74, 6) is -0.0315. The Morgan fingerprint density at radius 2 is 2.10 bits per heavy atom. The summed E-state index contributed by atoms with van der Waals surface area (Å²) in [7, 11) is 0. The van der Waals surface area contributed by atoms with Crippen molar-refractivity contribution in [1.82, 2.24) is 30.6 Å². The molecule has 1 aliphatic heterocycles. The van der Waals surface area contributed by atoms with E-state index in [1.807, 2.05) is 6.92 Å². The molecule has 3 aromatic rings. The van der Waals surface area contributed by atoms with Crippen LogP contribution in [0.1, 0.15) is 32.6 Å². The second-order valence-corrected chi connectivity index (χ2v) is 8.67.